The second-order valence-corrected chi connectivity index (χ2v) is 3.69. The number of nitrogens with zero attached hydrogens (tertiary/aromatic N) is 3. The minimum absolute atomic E-state index is 0.239. The average Bonchev–Trinajstić information content (AvgIpc) is 2.39. The summed E-state index contributed by atoms with van der Waals surface area (Å²) < 4.78 is 5.28. The number of hydrogen-bond donors (Lipinski definition) is 1. The van der Waals surface area contributed by atoms with Crippen molar-refractivity contribution >= 4 is 0 Å². The van der Waals surface area contributed by atoms with E-state index in [-0.39, 0.29) is 6.04 Å². The van der Waals surface area contributed by atoms with Gasteiger partial charge < -0.3 is 10.5 Å². The van der Waals surface area contributed by atoms with Gasteiger partial charge in [-0.05, 0) is 19.1 Å². The van der Waals surface area contributed by atoms with Crippen LogP contribution in [-0.4, -0.2) is 22.3 Å². The minimum atomic E-state index is -0.239. The van der Waals surface area contributed by atoms with Crippen LogP contribution in [0.15, 0.2) is 30.5 Å². The molecule has 1 aromatic carbocycles. The largest absolute Gasteiger partial charge is 0.496 e. The zero-order valence-corrected chi connectivity index (χ0v) is 9.79. The SMILES string of the molecule is COc1ccccc1-c1cnnc(C(C)N)n1. The summed E-state index contributed by atoms with van der Waals surface area (Å²) in [6, 6.07) is 7.39. The molecule has 0 amide bonds. The quantitative estimate of drug-likeness (QED) is 0.866. The molecule has 0 aliphatic heterocycles. The molecule has 0 aliphatic carbocycles. The monoisotopic (exact) mass is 230 g/mol. The molecule has 0 aliphatic rings. The van der Waals surface area contributed by atoms with E-state index in [1.54, 1.807) is 13.3 Å². The molecular weight excluding hydrogens is 216 g/mol. The number of benzene rings is 1. The van der Waals surface area contributed by atoms with Gasteiger partial charge in [-0.25, -0.2) is 4.98 Å². The predicted molar refractivity (Wildman–Crippen MR) is 64.4 cm³/mol. The highest BCUT2D eigenvalue weighted by molar-refractivity contribution is 5.66. The number of ether oxygens (including phenoxy) is 1. The van der Waals surface area contributed by atoms with Gasteiger partial charge in [0.2, 0.25) is 0 Å². The molecule has 5 heteroatoms. The van der Waals surface area contributed by atoms with Crippen molar-refractivity contribution in [2.45, 2.75) is 13.0 Å². The Labute approximate surface area is 99.7 Å². The molecule has 2 aromatic rings. The first-order valence-corrected chi connectivity index (χ1v) is 5.31. The highest BCUT2D eigenvalue weighted by Gasteiger charge is 2.10. The Kier molecular flexibility index (Phi) is 3.30. The van der Waals surface area contributed by atoms with Crippen LogP contribution in [0.25, 0.3) is 11.3 Å². The summed E-state index contributed by atoms with van der Waals surface area (Å²) >= 11 is 0. The molecule has 1 aromatic heterocycles. The molecular formula is C12H14N4O. The molecule has 1 atom stereocenters. The summed E-state index contributed by atoms with van der Waals surface area (Å²) in [6.45, 7) is 1.82. The average molecular weight is 230 g/mol. The van der Waals surface area contributed by atoms with Crippen LogP contribution in [0.3, 0.4) is 0 Å². The molecule has 0 saturated carbocycles. The van der Waals surface area contributed by atoms with Gasteiger partial charge in [-0.2, -0.15) is 5.10 Å². The van der Waals surface area contributed by atoms with Gasteiger partial charge in [-0.3, -0.25) is 0 Å². The van der Waals surface area contributed by atoms with Crippen LogP contribution in [-0.2, 0) is 0 Å². The summed E-state index contributed by atoms with van der Waals surface area (Å²) in [5.74, 6) is 1.28. The number of aromatic nitrogens is 3. The van der Waals surface area contributed by atoms with Crippen LogP contribution in [0.5, 0.6) is 5.75 Å². The third-order valence-electron chi connectivity index (χ3n) is 2.37. The molecule has 0 radical (unpaired) electrons. The lowest BCUT2D eigenvalue weighted by Crippen LogP contribution is -2.11. The van der Waals surface area contributed by atoms with Crippen LogP contribution < -0.4 is 10.5 Å². The molecule has 2 rings (SSSR count). The lowest BCUT2D eigenvalue weighted by Gasteiger charge is -2.08. The molecule has 1 unspecified atom stereocenters. The van der Waals surface area contributed by atoms with Gasteiger partial charge in [-0.1, -0.05) is 12.1 Å². The fraction of sp³-hybridized carbons (Fsp3) is 0.250. The maximum absolute atomic E-state index is 5.73. The van der Waals surface area contributed by atoms with Crippen molar-refractivity contribution in [2.24, 2.45) is 5.73 Å². The van der Waals surface area contributed by atoms with E-state index < -0.39 is 0 Å². The summed E-state index contributed by atoms with van der Waals surface area (Å²) in [5.41, 5.74) is 7.33. The molecule has 0 fully saturated rings. The highest BCUT2D eigenvalue weighted by Crippen LogP contribution is 2.27. The van der Waals surface area contributed by atoms with Crippen molar-refractivity contribution in [3.05, 3.63) is 36.3 Å². The number of para-hydroxylation sites is 1. The van der Waals surface area contributed by atoms with E-state index in [4.69, 9.17) is 10.5 Å². The summed E-state index contributed by atoms with van der Waals surface area (Å²) in [7, 11) is 1.62. The molecule has 2 N–H and O–H groups in total. The predicted octanol–water partition coefficient (Wildman–Crippen LogP) is 1.57. The van der Waals surface area contributed by atoms with E-state index in [9.17, 15) is 0 Å². The van der Waals surface area contributed by atoms with Gasteiger partial charge >= 0.3 is 0 Å². The lowest BCUT2D eigenvalue weighted by molar-refractivity contribution is 0.416. The van der Waals surface area contributed by atoms with E-state index in [0.29, 0.717) is 11.5 Å². The smallest absolute Gasteiger partial charge is 0.168 e. The number of rotatable bonds is 3. The zero-order valence-electron chi connectivity index (χ0n) is 9.79. The molecule has 0 saturated heterocycles. The van der Waals surface area contributed by atoms with Crippen molar-refractivity contribution in [3.8, 4) is 17.0 Å². The lowest BCUT2D eigenvalue weighted by atomic mass is 10.1. The first kappa shape index (κ1) is 11.5. The van der Waals surface area contributed by atoms with E-state index in [1.807, 2.05) is 31.2 Å². The standard InChI is InChI=1S/C12H14N4O/c1-8(13)12-15-10(7-14-16-12)9-5-3-4-6-11(9)17-2/h3-8H,13H2,1-2H3. The van der Waals surface area contributed by atoms with Crippen molar-refractivity contribution in [1.29, 1.82) is 0 Å². The Morgan fingerprint density at radius 3 is 2.76 bits per heavy atom. The van der Waals surface area contributed by atoms with Gasteiger partial charge in [0, 0.05) is 5.56 Å². The Hall–Kier alpha value is -2.01. The summed E-state index contributed by atoms with van der Waals surface area (Å²) in [6.07, 6.45) is 1.60. The first-order valence-electron chi connectivity index (χ1n) is 5.31. The Bertz CT molecular complexity index is 513. The van der Waals surface area contributed by atoms with Crippen molar-refractivity contribution in [2.75, 3.05) is 7.11 Å². The Balaban J connectivity index is 2.49. The molecule has 0 bridgehead atoms. The first-order chi connectivity index (χ1) is 8.22. The molecule has 88 valence electrons. The Morgan fingerprint density at radius 2 is 2.06 bits per heavy atom. The van der Waals surface area contributed by atoms with E-state index in [0.717, 1.165) is 11.3 Å². The van der Waals surface area contributed by atoms with Crippen molar-refractivity contribution in [3.63, 3.8) is 0 Å². The van der Waals surface area contributed by atoms with Gasteiger partial charge in [0.15, 0.2) is 5.82 Å². The minimum Gasteiger partial charge on any atom is -0.496 e. The molecule has 17 heavy (non-hydrogen) atoms. The maximum atomic E-state index is 5.73. The van der Waals surface area contributed by atoms with Crippen molar-refractivity contribution < 1.29 is 4.74 Å². The summed E-state index contributed by atoms with van der Waals surface area (Å²) in [4.78, 5) is 4.37. The Morgan fingerprint density at radius 1 is 1.29 bits per heavy atom. The third-order valence-corrected chi connectivity index (χ3v) is 2.37. The number of hydrogen-bond acceptors (Lipinski definition) is 5. The second kappa shape index (κ2) is 4.88. The van der Waals surface area contributed by atoms with Crippen LogP contribution in [0.4, 0.5) is 0 Å². The normalized spacial score (nSPS) is 12.2. The van der Waals surface area contributed by atoms with E-state index in [1.165, 1.54) is 0 Å². The van der Waals surface area contributed by atoms with Crippen LogP contribution >= 0.6 is 0 Å². The zero-order chi connectivity index (χ0) is 12.3. The molecule has 0 spiro atoms. The van der Waals surface area contributed by atoms with Gasteiger partial charge in [-0.15, -0.1) is 5.10 Å². The number of nitrogens with two attached hydrogens (primary N) is 1. The summed E-state index contributed by atoms with van der Waals surface area (Å²) in [5, 5.41) is 7.80. The fourth-order valence-corrected chi connectivity index (χ4v) is 1.50. The molecule has 1 heterocycles. The van der Waals surface area contributed by atoms with Crippen LogP contribution in [0, 0.1) is 0 Å². The van der Waals surface area contributed by atoms with E-state index in [2.05, 4.69) is 15.2 Å². The third kappa shape index (κ3) is 2.39. The van der Waals surface area contributed by atoms with Crippen molar-refractivity contribution in [1.82, 2.24) is 15.2 Å². The highest BCUT2D eigenvalue weighted by atomic mass is 16.5. The van der Waals surface area contributed by atoms with E-state index >= 15 is 0 Å². The van der Waals surface area contributed by atoms with Gasteiger partial charge in [0.25, 0.3) is 0 Å². The van der Waals surface area contributed by atoms with Crippen LogP contribution in [0.2, 0.25) is 0 Å². The van der Waals surface area contributed by atoms with Gasteiger partial charge in [0.05, 0.1) is 25.0 Å². The fourth-order valence-electron chi connectivity index (χ4n) is 1.50. The van der Waals surface area contributed by atoms with Gasteiger partial charge in [0.1, 0.15) is 5.75 Å². The second-order valence-electron chi connectivity index (χ2n) is 3.69. The number of methoxy groups -OCH3 is 1. The maximum Gasteiger partial charge on any atom is 0.168 e. The molecule has 5 nitrogen and oxygen atoms in total. The topological polar surface area (TPSA) is 73.9 Å². The van der Waals surface area contributed by atoms with Crippen LogP contribution in [0.1, 0.15) is 18.8 Å².